The van der Waals surface area contributed by atoms with Crippen LogP contribution in [0.25, 0.3) is 16.6 Å². The molecular formula is C21H24ClN5O. The highest BCUT2D eigenvalue weighted by Crippen LogP contribution is 2.47. The molecule has 1 unspecified atom stereocenters. The number of rotatable bonds is 3. The zero-order valence-corrected chi connectivity index (χ0v) is 16.7. The van der Waals surface area contributed by atoms with Crippen molar-refractivity contribution in [2.24, 2.45) is 11.8 Å². The van der Waals surface area contributed by atoms with Crippen molar-refractivity contribution in [3.8, 4) is 5.69 Å². The second kappa shape index (κ2) is 5.74. The van der Waals surface area contributed by atoms with E-state index < -0.39 is 5.60 Å². The van der Waals surface area contributed by atoms with E-state index in [-0.39, 0.29) is 0 Å². The summed E-state index contributed by atoms with van der Waals surface area (Å²) in [6.07, 6.45) is 10.4. The molecule has 3 atom stereocenters. The van der Waals surface area contributed by atoms with Crippen LogP contribution in [0.15, 0.2) is 30.7 Å². The van der Waals surface area contributed by atoms with Crippen molar-refractivity contribution in [2.75, 3.05) is 18.0 Å². The summed E-state index contributed by atoms with van der Waals surface area (Å²) in [7, 11) is 0. The third kappa shape index (κ3) is 2.44. The first-order valence-corrected chi connectivity index (χ1v) is 10.6. The lowest BCUT2D eigenvalue weighted by Crippen LogP contribution is -2.52. The zero-order valence-electron chi connectivity index (χ0n) is 15.9. The first-order chi connectivity index (χ1) is 13.5. The van der Waals surface area contributed by atoms with E-state index in [1.165, 1.54) is 12.8 Å². The van der Waals surface area contributed by atoms with Crippen LogP contribution < -0.4 is 4.90 Å². The Morgan fingerprint density at radius 2 is 1.82 bits per heavy atom. The van der Waals surface area contributed by atoms with Gasteiger partial charge >= 0.3 is 0 Å². The van der Waals surface area contributed by atoms with E-state index in [1.807, 2.05) is 34.7 Å². The summed E-state index contributed by atoms with van der Waals surface area (Å²) >= 11 is 6.68. The standard InChI is InChI=1S/C21H24ClN5O/c1-21(28)14-2-3-15(21)11-25(10-14)20-7-19-13(6-18(20)22)8-24-27(19)17-9-23-26(12-17)16-4-5-16/h6-9,12,14-16,28H,2-5,10-11H2,1H3/t14-,15+,21?. The van der Waals surface area contributed by atoms with E-state index in [4.69, 9.17) is 11.6 Å². The molecule has 3 aromatic rings. The van der Waals surface area contributed by atoms with Crippen LogP contribution in [0.4, 0.5) is 5.69 Å². The molecule has 3 aliphatic rings. The highest BCUT2D eigenvalue weighted by atomic mass is 35.5. The normalized spacial score (nSPS) is 29.8. The molecule has 0 amide bonds. The minimum absolute atomic E-state index is 0.305. The van der Waals surface area contributed by atoms with E-state index in [1.54, 1.807) is 0 Å². The van der Waals surface area contributed by atoms with Gasteiger partial charge in [0.05, 0.1) is 46.5 Å². The summed E-state index contributed by atoms with van der Waals surface area (Å²) in [5.74, 6) is 0.611. The zero-order chi connectivity index (χ0) is 19.0. The number of anilines is 1. The topological polar surface area (TPSA) is 59.1 Å². The number of aromatic nitrogens is 4. The van der Waals surface area contributed by atoms with Crippen LogP contribution >= 0.6 is 11.6 Å². The molecular weight excluding hydrogens is 374 g/mol. The van der Waals surface area contributed by atoms with Gasteiger partial charge in [-0.25, -0.2) is 4.68 Å². The third-order valence-electron chi connectivity index (χ3n) is 7.13. The average molecular weight is 398 g/mol. The smallest absolute Gasteiger partial charge is 0.103 e. The summed E-state index contributed by atoms with van der Waals surface area (Å²) < 4.78 is 4.00. The van der Waals surface area contributed by atoms with Crippen LogP contribution in [-0.2, 0) is 0 Å². The quantitative estimate of drug-likeness (QED) is 0.730. The van der Waals surface area contributed by atoms with Crippen molar-refractivity contribution in [1.82, 2.24) is 19.6 Å². The summed E-state index contributed by atoms with van der Waals surface area (Å²) in [5, 5.41) is 21.7. The van der Waals surface area contributed by atoms with Gasteiger partial charge in [-0.05, 0) is 44.7 Å². The van der Waals surface area contributed by atoms with Crippen LogP contribution in [0, 0.1) is 11.8 Å². The molecule has 28 heavy (non-hydrogen) atoms. The monoisotopic (exact) mass is 397 g/mol. The van der Waals surface area contributed by atoms with Crippen molar-refractivity contribution < 1.29 is 5.11 Å². The van der Waals surface area contributed by atoms with Gasteiger partial charge in [-0.2, -0.15) is 10.2 Å². The molecule has 2 aromatic heterocycles. The van der Waals surface area contributed by atoms with Crippen molar-refractivity contribution in [3.63, 3.8) is 0 Å². The molecule has 7 heteroatoms. The van der Waals surface area contributed by atoms with Crippen molar-refractivity contribution in [3.05, 3.63) is 35.7 Å². The van der Waals surface area contributed by atoms with Crippen LogP contribution in [0.5, 0.6) is 0 Å². The minimum atomic E-state index is -0.549. The lowest BCUT2D eigenvalue weighted by atomic mass is 9.82. The Morgan fingerprint density at radius 3 is 2.54 bits per heavy atom. The first kappa shape index (κ1) is 16.9. The van der Waals surface area contributed by atoms with Crippen LogP contribution in [0.2, 0.25) is 5.02 Å². The van der Waals surface area contributed by atoms with Crippen molar-refractivity contribution in [1.29, 1.82) is 0 Å². The van der Waals surface area contributed by atoms with E-state index in [2.05, 4.69) is 27.4 Å². The van der Waals surface area contributed by atoms with E-state index in [0.717, 1.165) is 53.2 Å². The number of fused-ring (bicyclic) bond motifs is 3. The van der Waals surface area contributed by atoms with Crippen LogP contribution in [0.3, 0.4) is 0 Å². The van der Waals surface area contributed by atoms with Crippen LogP contribution in [-0.4, -0.2) is 43.4 Å². The predicted molar refractivity (Wildman–Crippen MR) is 109 cm³/mol. The molecule has 6 rings (SSSR count). The molecule has 0 spiro atoms. The van der Waals surface area contributed by atoms with Gasteiger partial charge in [0.2, 0.25) is 0 Å². The van der Waals surface area contributed by atoms with Crippen LogP contribution in [0.1, 0.15) is 38.6 Å². The second-order valence-corrected chi connectivity index (χ2v) is 9.34. The van der Waals surface area contributed by atoms with Gasteiger partial charge in [-0.1, -0.05) is 11.6 Å². The maximum Gasteiger partial charge on any atom is 0.103 e. The highest BCUT2D eigenvalue weighted by Gasteiger charge is 2.50. The van der Waals surface area contributed by atoms with Gasteiger partial charge in [0, 0.05) is 30.3 Å². The summed E-state index contributed by atoms with van der Waals surface area (Å²) in [5.41, 5.74) is 2.51. The summed E-state index contributed by atoms with van der Waals surface area (Å²) in [6, 6.07) is 4.71. The molecule has 3 fully saturated rings. The number of piperidine rings is 1. The van der Waals surface area contributed by atoms with Gasteiger partial charge in [-0.15, -0.1) is 0 Å². The fourth-order valence-corrected chi connectivity index (χ4v) is 5.43. The molecule has 146 valence electrons. The fraction of sp³-hybridized carbons (Fsp3) is 0.524. The second-order valence-electron chi connectivity index (χ2n) is 8.93. The molecule has 2 aliphatic carbocycles. The van der Waals surface area contributed by atoms with Crippen molar-refractivity contribution >= 4 is 28.2 Å². The Labute approximate surface area is 168 Å². The molecule has 2 bridgehead atoms. The van der Waals surface area contributed by atoms with E-state index in [9.17, 15) is 5.11 Å². The predicted octanol–water partition coefficient (Wildman–Crippen LogP) is 3.81. The molecule has 1 aromatic carbocycles. The maximum absolute atomic E-state index is 10.8. The molecule has 1 N–H and O–H groups in total. The summed E-state index contributed by atoms with van der Waals surface area (Å²) in [6.45, 7) is 3.70. The minimum Gasteiger partial charge on any atom is -0.389 e. The summed E-state index contributed by atoms with van der Waals surface area (Å²) in [4.78, 5) is 2.35. The molecule has 6 nitrogen and oxygen atoms in total. The van der Waals surface area contributed by atoms with E-state index in [0.29, 0.717) is 17.9 Å². The van der Waals surface area contributed by atoms with E-state index >= 15 is 0 Å². The number of hydrogen-bond donors (Lipinski definition) is 1. The Hall–Kier alpha value is -2.05. The Bertz CT molecular complexity index is 1050. The molecule has 1 aliphatic heterocycles. The molecule has 1 saturated heterocycles. The average Bonchev–Trinajstić information content (AvgIpc) is 3.25. The highest BCUT2D eigenvalue weighted by molar-refractivity contribution is 6.34. The Morgan fingerprint density at radius 1 is 1.07 bits per heavy atom. The Kier molecular flexibility index (Phi) is 3.45. The van der Waals surface area contributed by atoms with Gasteiger partial charge in [0.15, 0.2) is 0 Å². The largest absolute Gasteiger partial charge is 0.389 e. The third-order valence-corrected chi connectivity index (χ3v) is 7.43. The SMILES string of the molecule is CC1(O)[C@@H]2CC[C@H]1CN(c1cc3c(cnn3-c3cnn(C4CC4)c3)cc1Cl)C2. The molecule has 2 saturated carbocycles. The number of aliphatic hydroxyl groups is 1. The van der Waals surface area contributed by atoms with Gasteiger partial charge < -0.3 is 10.0 Å². The molecule has 3 heterocycles. The maximum atomic E-state index is 10.8. The number of hydrogen-bond acceptors (Lipinski definition) is 4. The Balaban J connectivity index is 1.39. The van der Waals surface area contributed by atoms with Gasteiger partial charge in [0.25, 0.3) is 0 Å². The van der Waals surface area contributed by atoms with Gasteiger partial charge in [-0.3, -0.25) is 4.68 Å². The first-order valence-electron chi connectivity index (χ1n) is 10.2. The molecule has 0 radical (unpaired) electrons. The number of benzene rings is 1. The lowest BCUT2D eigenvalue weighted by Gasteiger charge is -2.43. The fourth-order valence-electron chi connectivity index (χ4n) is 5.14. The van der Waals surface area contributed by atoms with Gasteiger partial charge in [0.1, 0.15) is 5.69 Å². The number of halogens is 1. The number of nitrogens with zero attached hydrogens (tertiary/aromatic N) is 5. The lowest BCUT2D eigenvalue weighted by molar-refractivity contribution is -0.0271. The van der Waals surface area contributed by atoms with Crippen molar-refractivity contribution in [2.45, 2.75) is 44.2 Å².